The lowest BCUT2D eigenvalue weighted by molar-refractivity contribution is -0.137. The summed E-state index contributed by atoms with van der Waals surface area (Å²) in [7, 11) is 1.38. The second kappa shape index (κ2) is 6.45. The van der Waals surface area contributed by atoms with Crippen LogP contribution in [0, 0.1) is 0 Å². The summed E-state index contributed by atoms with van der Waals surface area (Å²) in [4.78, 5) is 0. The third kappa shape index (κ3) is 3.75. The van der Waals surface area contributed by atoms with Crippen LogP contribution in [-0.2, 0) is 6.18 Å². The fourth-order valence-corrected chi connectivity index (χ4v) is 2.05. The van der Waals surface area contributed by atoms with E-state index >= 15 is 0 Å². The quantitative estimate of drug-likeness (QED) is 0.879. The molecule has 0 amide bonds. The fraction of sp³-hybridized carbons (Fsp3) is 0.500. The summed E-state index contributed by atoms with van der Waals surface area (Å²) in [5.41, 5.74) is 0.0598. The Hall–Kier alpha value is -0.980. The molecule has 1 aliphatic heterocycles. The molecule has 1 aromatic rings. The number of hydrogen-bond donors (Lipinski definition) is 2. The van der Waals surface area contributed by atoms with Crippen LogP contribution >= 0.6 is 12.4 Å². The van der Waals surface area contributed by atoms with E-state index in [0.29, 0.717) is 6.54 Å². The van der Waals surface area contributed by atoms with Crippen molar-refractivity contribution in [3.63, 3.8) is 0 Å². The van der Waals surface area contributed by atoms with Gasteiger partial charge in [0.25, 0.3) is 0 Å². The molecule has 0 bridgehead atoms. The molecule has 0 saturated carbocycles. The van der Waals surface area contributed by atoms with E-state index in [0.717, 1.165) is 30.8 Å². The van der Waals surface area contributed by atoms with Gasteiger partial charge in [-0.15, -0.1) is 12.4 Å². The van der Waals surface area contributed by atoms with E-state index in [9.17, 15) is 13.2 Å². The average Bonchev–Trinajstić information content (AvgIpc) is 2.38. The van der Waals surface area contributed by atoms with Gasteiger partial charge >= 0.3 is 6.18 Å². The predicted molar refractivity (Wildman–Crippen MR) is 68.9 cm³/mol. The van der Waals surface area contributed by atoms with Crippen molar-refractivity contribution in [3.05, 3.63) is 29.3 Å². The summed E-state index contributed by atoms with van der Waals surface area (Å²) in [5.74, 6) is 0.269. The van der Waals surface area contributed by atoms with Crippen molar-refractivity contribution in [2.45, 2.75) is 12.2 Å². The summed E-state index contributed by atoms with van der Waals surface area (Å²) >= 11 is 0. The molecule has 0 spiro atoms. The first-order valence-electron chi connectivity index (χ1n) is 5.71. The van der Waals surface area contributed by atoms with E-state index in [1.807, 2.05) is 0 Å². The Bertz CT molecular complexity index is 420. The molecule has 2 N–H and O–H groups in total. The minimum atomic E-state index is -4.34. The number of benzene rings is 1. The Labute approximate surface area is 115 Å². The van der Waals surface area contributed by atoms with Crippen molar-refractivity contribution in [2.75, 3.05) is 26.7 Å². The highest BCUT2D eigenvalue weighted by Gasteiger charge is 2.32. The van der Waals surface area contributed by atoms with Crippen LogP contribution < -0.4 is 15.4 Å². The molecule has 2 rings (SSSR count). The van der Waals surface area contributed by atoms with Gasteiger partial charge in [-0.3, -0.25) is 0 Å². The van der Waals surface area contributed by atoms with Gasteiger partial charge in [0.1, 0.15) is 5.75 Å². The molecular weight excluding hydrogens is 281 g/mol. The average molecular weight is 297 g/mol. The molecule has 1 fully saturated rings. The molecule has 1 heterocycles. The summed E-state index contributed by atoms with van der Waals surface area (Å²) in [5, 5.41) is 6.43. The van der Waals surface area contributed by atoms with Gasteiger partial charge < -0.3 is 15.4 Å². The SMILES string of the molecule is COc1cc(C(F)(F)F)ccc1[C@H]1CNCCN1.Cl. The predicted octanol–water partition coefficient (Wildman–Crippen LogP) is 2.37. The Morgan fingerprint density at radius 1 is 1.26 bits per heavy atom. The Morgan fingerprint density at radius 3 is 2.53 bits per heavy atom. The van der Waals surface area contributed by atoms with E-state index < -0.39 is 11.7 Å². The van der Waals surface area contributed by atoms with Crippen molar-refractivity contribution in [2.24, 2.45) is 0 Å². The third-order valence-corrected chi connectivity index (χ3v) is 2.98. The van der Waals surface area contributed by atoms with E-state index in [4.69, 9.17) is 4.74 Å². The smallest absolute Gasteiger partial charge is 0.416 e. The maximum absolute atomic E-state index is 12.6. The summed E-state index contributed by atoms with van der Waals surface area (Å²) in [6.45, 7) is 2.33. The van der Waals surface area contributed by atoms with Crippen molar-refractivity contribution >= 4 is 12.4 Å². The molecular formula is C12H16ClF3N2O. The van der Waals surface area contributed by atoms with Crippen LogP contribution in [0.5, 0.6) is 5.75 Å². The van der Waals surface area contributed by atoms with Gasteiger partial charge in [-0.1, -0.05) is 6.07 Å². The Kier molecular flexibility index (Phi) is 5.46. The monoisotopic (exact) mass is 296 g/mol. The highest BCUT2D eigenvalue weighted by atomic mass is 35.5. The minimum Gasteiger partial charge on any atom is -0.496 e. The minimum absolute atomic E-state index is 0. The number of piperazine rings is 1. The maximum Gasteiger partial charge on any atom is 0.416 e. The first kappa shape index (κ1) is 16.1. The van der Waals surface area contributed by atoms with Crippen LogP contribution in [0.3, 0.4) is 0 Å². The van der Waals surface area contributed by atoms with Crippen molar-refractivity contribution < 1.29 is 17.9 Å². The third-order valence-electron chi connectivity index (χ3n) is 2.98. The van der Waals surface area contributed by atoms with E-state index in [1.165, 1.54) is 13.2 Å². The molecule has 1 aliphatic rings. The number of hydrogen-bond acceptors (Lipinski definition) is 3. The van der Waals surface area contributed by atoms with Gasteiger partial charge in [0.2, 0.25) is 0 Å². The molecule has 19 heavy (non-hydrogen) atoms. The molecule has 108 valence electrons. The number of ether oxygens (including phenoxy) is 1. The molecule has 0 aromatic heterocycles. The van der Waals surface area contributed by atoms with Gasteiger partial charge in [-0.05, 0) is 12.1 Å². The van der Waals surface area contributed by atoms with Gasteiger partial charge in [-0.25, -0.2) is 0 Å². The van der Waals surface area contributed by atoms with Gasteiger partial charge in [0.05, 0.1) is 12.7 Å². The second-order valence-electron chi connectivity index (χ2n) is 4.17. The molecule has 0 radical (unpaired) electrons. The maximum atomic E-state index is 12.6. The number of halogens is 4. The van der Waals surface area contributed by atoms with Crippen molar-refractivity contribution in [1.29, 1.82) is 0 Å². The lowest BCUT2D eigenvalue weighted by atomic mass is 10.0. The highest BCUT2D eigenvalue weighted by molar-refractivity contribution is 5.85. The molecule has 3 nitrogen and oxygen atoms in total. The van der Waals surface area contributed by atoms with E-state index in [-0.39, 0.29) is 24.2 Å². The molecule has 1 atom stereocenters. The van der Waals surface area contributed by atoms with Gasteiger partial charge in [0.15, 0.2) is 0 Å². The van der Waals surface area contributed by atoms with Crippen LogP contribution in [0.2, 0.25) is 0 Å². The van der Waals surface area contributed by atoms with Crippen LogP contribution in [0.4, 0.5) is 13.2 Å². The van der Waals surface area contributed by atoms with E-state index in [1.54, 1.807) is 0 Å². The normalized spacial score (nSPS) is 19.7. The molecule has 1 aromatic carbocycles. The lowest BCUT2D eigenvalue weighted by Crippen LogP contribution is -2.42. The Morgan fingerprint density at radius 2 is 2.00 bits per heavy atom. The van der Waals surface area contributed by atoms with Crippen LogP contribution in [-0.4, -0.2) is 26.7 Å². The summed E-state index contributed by atoms with van der Waals surface area (Å²) in [6.07, 6.45) is -4.34. The Balaban J connectivity index is 0.00000180. The highest BCUT2D eigenvalue weighted by Crippen LogP contribution is 2.35. The zero-order valence-corrected chi connectivity index (χ0v) is 11.2. The first-order valence-corrected chi connectivity index (χ1v) is 5.71. The number of methoxy groups -OCH3 is 1. The van der Waals surface area contributed by atoms with Crippen LogP contribution in [0.1, 0.15) is 17.2 Å². The van der Waals surface area contributed by atoms with E-state index in [2.05, 4.69) is 10.6 Å². The zero-order chi connectivity index (χ0) is 13.2. The van der Waals surface area contributed by atoms with Crippen molar-refractivity contribution in [1.82, 2.24) is 10.6 Å². The number of nitrogens with one attached hydrogen (secondary N) is 2. The molecule has 0 unspecified atom stereocenters. The number of alkyl halides is 3. The summed E-state index contributed by atoms with van der Waals surface area (Å²) < 4.78 is 42.9. The van der Waals surface area contributed by atoms with Crippen LogP contribution in [0.25, 0.3) is 0 Å². The standard InChI is InChI=1S/C12H15F3N2O.ClH/c1-18-11-6-8(12(13,14)15)2-3-9(11)10-7-16-4-5-17-10;/h2-3,6,10,16-17H,4-5,7H2,1H3;1H/t10-;/m1./s1. The zero-order valence-electron chi connectivity index (χ0n) is 10.4. The first-order chi connectivity index (χ1) is 8.52. The molecule has 7 heteroatoms. The summed E-state index contributed by atoms with van der Waals surface area (Å²) in [6, 6.07) is 3.60. The van der Waals surface area contributed by atoms with Crippen molar-refractivity contribution in [3.8, 4) is 5.75 Å². The van der Waals surface area contributed by atoms with Gasteiger partial charge in [-0.2, -0.15) is 13.2 Å². The van der Waals surface area contributed by atoms with Crippen LogP contribution in [0.15, 0.2) is 18.2 Å². The molecule has 1 saturated heterocycles. The largest absolute Gasteiger partial charge is 0.496 e. The van der Waals surface area contributed by atoms with Gasteiger partial charge in [0, 0.05) is 31.2 Å². The lowest BCUT2D eigenvalue weighted by Gasteiger charge is -2.26. The molecule has 0 aliphatic carbocycles. The fourth-order valence-electron chi connectivity index (χ4n) is 2.05. The topological polar surface area (TPSA) is 33.3 Å². The number of rotatable bonds is 2. The second-order valence-corrected chi connectivity index (χ2v) is 4.17.